The maximum absolute atomic E-state index is 11.7. The lowest BCUT2D eigenvalue weighted by atomic mass is 10.2. The quantitative estimate of drug-likeness (QED) is 0.841. The number of aryl methyl sites for hydroxylation is 1. The van der Waals surface area contributed by atoms with Crippen LogP contribution in [-0.2, 0) is 4.74 Å². The molecule has 2 aromatic heterocycles. The third-order valence-corrected chi connectivity index (χ3v) is 2.54. The molecule has 0 fully saturated rings. The summed E-state index contributed by atoms with van der Waals surface area (Å²) in [5.41, 5.74) is 7.33. The lowest BCUT2D eigenvalue weighted by Crippen LogP contribution is -2.13. The molecule has 0 unspecified atom stereocenters. The average molecular weight is 258 g/mol. The topological polar surface area (TPSA) is 91.0 Å². The van der Waals surface area contributed by atoms with Crippen LogP contribution >= 0.6 is 0 Å². The Morgan fingerprint density at radius 1 is 1.32 bits per heavy atom. The number of hydrogen-bond donors (Lipinski definition) is 1. The van der Waals surface area contributed by atoms with Crippen LogP contribution in [0.2, 0.25) is 0 Å². The first-order chi connectivity index (χ1) is 9.13. The largest absolute Gasteiger partial charge is 0.462 e. The molecule has 2 heterocycles. The van der Waals surface area contributed by atoms with Gasteiger partial charge >= 0.3 is 5.97 Å². The monoisotopic (exact) mass is 258 g/mol. The average Bonchev–Trinajstić information content (AvgIpc) is 2.39. The molecule has 0 saturated heterocycles. The number of nitrogens with zero attached hydrogens (tertiary/aromatic N) is 3. The molecule has 6 heteroatoms. The zero-order chi connectivity index (χ0) is 13.8. The van der Waals surface area contributed by atoms with Crippen molar-refractivity contribution in [1.82, 2.24) is 15.0 Å². The van der Waals surface area contributed by atoms with Crippen LogP contribution in [0.1, 0.15) is 23.0 Å². The summed E-state index contributed by atoms with van der Waals surface area (Å²) in [5, 5.41) is 0. The Morgan fingerprint density at radius 3 is 2.58 bits per heavy atom. The fourth-order valence-corrected chi connectivity index (χ4v) is 1.68. The minimum Gasteiger partial charge on any atom is -0.462 e. The molecular formula is C13H14N4O2. The number of ether oxygens (including phenoxy) is 1. The molecule has 0 aliphatic carbocycles. The van der Waals surface area contributed by atoms with Gasteiger partial charge in [0.15, 0.2) is 5.82 Å². The number of hydrogen-bond acceptors (Lipinski definition) is 6. The van der Waals surface area contributed by atoms with Crippen molar-refractivity contribution < 1.29 is 9.53 Å². The van der Waals surface area contributed by atoms with Crippen LogP contribution < -0.4 is 5.73 Å². The van der Waals surface area contributed by atoms with Gasteiger partial charge in [0.05, 0.1) is 12.3 Å². The summed E-state index contributed by atoms with van der Waals surface area (Å²) in [4.78, 5) is 24.1. The second-order valence-corrected chi connectivity index (χ2v) is 3.85. The van der Waals surface area contributed by atoms with E-state index in [4.69, 9.17) is 10.5 Å². The predicted octanol–water partition coefficient (Wildman–Crippen LogP) is 1.61. The van der Waals surface area contributed by atoms with Crippen LogP contribution in [0.4, 0.5) is 5.82 Å². The van der Waals surface area contributed by atoms with E-state index in [2.05, 4.69) is 15.0 Å². The van der Waals surface area contributed by atoms with E-state index in [9.17, 15) is 4.79 Å². The van der Waals surface area contributed by atoms with Crippen molar-refractivity contribution in [2.75, 3.05) is 12.3 Å². The molecule has 98 valence electrons. The molecule has 0 aliphatic heterocycles. The van der Waals surface area contributed by atoms with Gasteiger partial charge in [-0.05, 0) is 26.0 Å². The molecule has 0 radical (unpaired) electrons. The van der Waals surface area contributed by atoms with Gasteiger partial charge in [0.2, 0.25) is 0 Å². The van der Waals surface area contributed by atoms with Crippen LogP contribution in [0.25, 0.3) is 11.4 Å². The summed E-state index contributed by atoms with van der Waals surface area (Å²) in [6, 6.07) is 3.55. The van der Waals surface area contributed by atoms with Crippen molar-refractivity contribution in [3.05, 3.63) is 35.8 Å². The second kappa shape index (κ2) is 5.43. The highest BCUT2D eigenvalue weighted by atomic mass is 16.5. The molecule has 0 aromatic carbocycles. The van der Waals surface area contributed by atoms with Crippen molar-refractivity contribution in [1.29, 1.82) is 0 Å². The molecule has 6 nitrogen and oxygen atoms in total. The number of carbonyl (C=O) groups excluding carboxylic acids is 1. The number of pyridine rings is 1. The molecule has 0 spiro atoms. The number of carbonyl (C=O) groups is 1. The van der Waals surface area contributed by atoms with Gasteiger partial charge in [-0.2, -0.15) is 0 Å². The van der Waals surface area contributed by atoms with E-state index < -0.39 is 5.97 Å². The minimum atomic E-state index is -0.501. The summed E-state index contributed by atoms with van der Waals surface area (Å²) in [5.74, 6) is 0.0852. The Bertz CT molecular complexity index is 576. The number of aromatic nitrogens is 3. The predicted molar refractivity (Wildman–Crippen MR) is 70.4 cm³/mol. The van der Waals surface area contributed by atoms with Crippen LogP contribution in [0.3, 0.4) is 0 Å². The van der Waals surface area contributed by atoms with Crippen molar-refractivity contribution >= 4 is 11.8 Å². The van der Waals surface area contributed by atoms with Gasteiger partial charge in [-0.15, -0.1) is 0 Å². The van der Waals surface area contributed by atoms with Gasteiger partial charge in [-0.25, -0.2) is 14.8 Å². The lowest BCUT2D eigenvalue weighted by Gasteiger charge is -2.09. The number of anilines is 1. The first-order valence-electron chi connectivity index (χ1n) is 5.85. The minimum absolute atomic E-state index is 0.123. The molecule has 0 saturated carbocycles. The van der Waals surface area contributed by atoms with E-state index in [0.717, 1.165) is 5.56 Å². The zero-order valence-electron chi connectivity index (χ0n) is 10.8. The Morgan fingerprint density at radius 2 is 2.00 bits per heavy atom. The standard InChI is InChI=1S/C13H14N4O2/c1-3-19-13(18)10-8(2)16-12(17-11(10)14)9-4-6-15-7-5-9/h4-7H,3H2,1-2H3,(H2,14,16,17). The van der Waals surface area contributed by atoms with Crippen LogP contribution in [0, 0.1) is 6.92 Å². The highest BCUT2D eigenvalue weighted by Gasteiger charge is 2.18. The second-order valence-electron chi connectivity index (χ2n) is 3.85. The van der Waals surface area contributed by atoms with Gasteiger partial charge in [0.25, 0.3) is 0 Å². The molecule has 0 aliphatic rings. The maximum Gasteiger partial charge on any atom is 0.343 e. The lowest BCUT2D eigenvalue weighted by molar-refractivity contribution is 0.0526. The molecule has 2 N–H and O–H groups in total. The normalized spacial score (nSPS) is 10.2. The number of esters is 1. The summed E-state index contributed by atoms with van der Waals surface area (Å²) in [7, 11) is 0. The fourth-order valence-electron chi connectivity index (χ4n) is 1.68. The van der Waals surface area contributed by atoms with Crippen molar-refractivity contribution in [2.45, 2.75) is 13.8 Å². The Kier molecular flexibility index (Phi) is 3.70. The summed E-state index contributed by atoms with van der Waals surface area (Å²) in [6.45, 7) is 3.72. The smallest absolute Gasteiger partial charge is 0.343 e. The molecule has 0 bridgehead atoms. The van der Waals surface area contributed by atoms with E-state index >= 15 is 0 Å². The Labute approximate surface area is 110 Å². The van der Waals surface area contributed by atoms with Gasteiger partial charge in [-0.3, -0.25) is 4.98 Å². The molecule has 2 aromatic rings. The van der Waals surface area contributed by atoms with Crippen molar-refractivity contribution in [3.63, 3.8) is 0 Å². The van der Waals surface area contributed by atoms with Gasteiger partial charge in [0.1, 0.15) is 11.4 Å². The van der Waals surface area contributed by atoms with E-state index in [-0.39, 0.29) is 18.0 Å². The van der Waals surface area contributed by atoms with Gasteiger partial charge in [0, 0.05) is 18.0 Å². The summed E-state index contributed by atoms with van der Waals surface area (Å²) < 4.78 is 4.93. The van der Waals surface area contributed by atoms with Crippen LogP contribution in [0.5, 0.6) is 0 Å². The highest BCUT2D eigenvalue weighted by molar-refractivity contribution is 5.95. The summed E-state index contributed by atoms with van der Waals surface area (Å²) in [6.07, 6.45) is 3.28. The Hall–Kier alpha value is -2.50. The first kappa shape index (κ1) is 12.9. The first-order valence-corrected chi connectivity index (χ1v) is 5.85. The molecule has 19 heavy (non-hydrogen) atoms. The maximum atomic E-state index is 11.7. The summed E-state index contributed by atoms with van der Waals surface area (Å²) >= 11 is 0. The number of nitrogens with two attached hydrogens (primary N) is 1. The molecule has 0 atom stereocenters. The van der Waals surface area contributed by atoms with E-state index in [1.165, 1.54) is 0 Å². The zero-order valence-corrected chi connectivity index (χ0v) is 10.8. The molecular weight excluding hydrogens is 244 g/mol. The molecule has 2 rings (SSSR count). The fraction of sp³-hybridized carbons (Fsp3) is 0.231. The van der Waals surface area contributed by atoms with Crippen LogP contribution in [0.15, 0.2) is 24.5 Å². The number of rotatable bonds is 3. The van der Waals surface area contributed by atoms with Gasteiger partial charge in [-0.1, -0.05) is 0 Å². The van der Waals surface area contributed by atoms with E-state index in [0.29, 0.717) is 11.5 Å². The SMILES string of the molecule is CCOC(=O)c1c(C)nc(-c2ccncc2)nc1N. The third-order valence-electron chi connectivity index (χ3n) is 2.54. The van der Waals surface area contributed by atoms with E-state index in [1.807, 2.05) is 0 Å². The Balaban J connectivity index is 2.45. The van der Waals surface area contributed by atoms with Gasteiger partial charge < -0.3 is 10.5 Å². The highest BCUT2D eigenvalue weighted by Crippen LogP contribution is 2.20. The van der Waals surface area contributed by atoms with Crippen molar-refractivity contribution in [3.8, 4) is 11.4 Å². The van der Waals surface area contributed by atoms with Crippen LogP contribution in [-0.4, -0.2) is 27.5 Å². The number of nitrogen functional groups attached to an aromatic ring is 1. The van der Waals surface area contributed by atoms with Crippen molar-refractivity contribution in [2.24, 2.45) is 0 Å². The third kappa shape index (κ3) is 2.67. The van der Waals surface area contributed by atoms with E-state index in [1.54, 1.807) is 38.4 Å². The molecule has 0 amide bonds.